The highest BCUT2D eigenvalue weighted by atomic mass is 35.5. The van der Waals surface area contributed by atoms with E-state index in [1.807, 2.05) is 24.4 Å². The van der Waals surface area contributed by atoms with Crippen LogP contribution in [0.25, 0.3) is 6.08 Å². The van der Waals surface area contributed by atoms with Crippen molar-refractivity contribution in [3.8, 4) is 0 Å². The normalized spacial score (nSPS) is 16.9. The molecule has 0 bridgehead atoms. The van der Waals surface area contributed by atoms with Gasteiger partial charge in [-0.2, -0.15) is 0 Å². The smallest absolute Gasteiger partial charge is 0.0510 e. The number of hydrogen-bond donors (Lipinski definition) is 2. The van der Waals surface area contributed by atoms with Gasteiger partial charge in [-0.3, -0.25) is 0 Å². The molecule has 2 rings (SSSR count). The molecule has 0 spiro atoms. The quantitative estimate of drug-likeness (QED) is 0.493. The third-order valence-corrected chi connectivity index (χ3v) is 5.03. The van der Waals surface area contributed by atoms with Gasteiger partial charge in [-0.1, -0.05) is 76.2 Å². The lowest BCUT2D eigenvalue weighted by Gasteiger charge is -2.36. The molecule has 0 aromatic heterocycles. The molecule has 1 saturated heterocycles. The predicted molar refractivity (Wildman–Crippen MR) is 122 cm³/mol. The fraction of sp³-hybridized carbons (Fsp3) is 0.500. The largest absolute Gasteiger partial charge is 0.385 e. The zero-order chi connectivity index (χ0) is 20.1. The molecule has 27 heavy (non-hydrogen) atoms. The number of piperidine rings is 1. The Morgan fingerprint density at radius 1 is 1.22 bits per heavy atom. The second-order valence-corrected chi connectivity index (χ2v) is 7.47. The summed E-state index contributed by atoms with van der Waals surface area (Å²) in [6.45, 7) is 16.5. The molecule has 1 fully saturated rings. The van der Waals surface area contributed by atoms with E-state index in [1.54, 1.807) is 0 Å². The maximum atomic E-state index is 6.21. The van der Waals surface area contributed by atoms with Crippen molar-refractivity contribution in [3.05, 3.63) is 65.9 Å². The number of hydrogen-bond acceptors (Lipinski definition) is 2. The Morgan fingerprint density at radius 2 is 1.89 bits per heavy atom. The van der Waals surface area contributed by atoms with Crippen LogP contribution in [0.3, 0.4) is 0 Å². The van der Waals surface area contributed by atoms with Crippen LogP contribution in [-0.2, 0) is 0 Å². The molecule has 2 nitrogen and oxygen atoms in total. The summed E-state index contributed by atoms with van der Waals surface area (Å²) < 4.78 is 0. The second kappa shape index (κ2) is 13.6. The third kappa shape index (κ3) is 7.56. The Morgan fingerprint density at radius 3 is 2.44 bits per heavy atom. The van der Waals surface area contributed by atoms with E-state index >= 15 is 0 Å². The van der Waals surface area contributed by atoms with Crippen molar-refractivity contribution in [2.24, 2.45) is 5.92 Å². The molecule has 150 valence electrons. The van der Waals surface area contributed by atoms with Gasteiger partial charge in [-0.15, -0.1) is 0 Å². The Hall–Kier alpha value is -1.51. The zero-order valence-electron chi connectivity index (χ0n) is 17.3. The molecule has 1 aromatic rings. The minimum atomic E-state index is 0.227. The lowest BCUT2D eigenvalue weighted by atomic mass is 9.74. The van der Waals surface area contributed by atoms with E-state index in [4.69, 9.17) is 11.6 Å². The van der Waals surface area contributed by atoms with E-state index in [2.05, 4.69) is 62.8 Å². The summed E-state index contributed by atoms with van der Waals surface area (Å²) in [6.07, 6.45) is 12.9. The summed E-state index contributed by atoms with van der Waals surface area (Å²) >= 11 is 6.21. The third-order valence-electron chi connectivity index (χ3n) is 4.80. The highest BCUT2D eigenvalue weighted by Crippen LogP contribution is 2.37. The summed E-state index contributed by atoms with van der Waals surface area (Å²) in [5, 5.41) is 7.70. The molecule has 2 N–H and O–H groups in total. The molecular formula is C24H37ClN2. The molecule has 0 saturated carbocycles. The van der Waals surface area contributed by atoms with E-state index in [0.717, 1.165) is 30.1 Å². The Labute approximate surface area is 171 Å². The molecule has 0 radical (unpaired) electrons. The van der Waals surface area contributed by atoms with Crippen LogP contribution in [0.4, 0.5) is 0 Å². The van der Waals surface area contributed by atoms with Crippen LogP contribution in [0.1, 0.15) is 63.5 Å². The van der Waals surface area contributed by atoms with Gasteiger partial charge in [-0.25, -0.2) is 0 Å². The second-order valence-electron chi connectivity index (χ2n) is 7.03. The monoisotopic (exact) mass is 388 g/mol. The summed E-state index contributed by atoms with van der Waals surface area (Å²) in [5.41, 5.74) is 2.45. The highest BCUT2D eigenvalue weighted by molar-refractivity contribution is 6.30. The van der Waals surface area contributed by atoms with Crippen LogP contribution in [0, 0.1) is 5.92 Å². The lowest BCUT2D eigenvalue weighted by Crippen LogP contribution is -2.39. The van der Waals surface area contributed by atoms with Gasteiger partial charge in [0.2, 0.25) is 0 Å². The average molecular weight is 389 g/mol. The number of nitrogens with one attached hydrogen (secondary N) is 2. The van der Waals surface area contributed by atoms with Gasteiger partial charge in [0.25, 0.3) is 0 Å². The van der Waals surface area contributed by atoms with Gasteiger partial charge < -0.3 is 10.6 Å². The highest BCUT2D eigenvalue weighted by Gasteiger charge is 2.31. The first-order chi connectivity index (χ1) is 13.1. The van der Waals surface area contributed by atoms with Crippen LogP contribution >= 0.6 is 11.6 Å². The first kappa shape index (κ1) is 23.5. The van der Waals surface area contributed by atoms with Gasteiger partial charge in [0.1, 0.15) is 0 Å². The Kier molecular flexibility index (Phi) is 11.9. The molecule has 1 aromatic carbocycles. The summed E-state index contributed by atoms with van der Waals surface area (Å²) in [6, 6.07) is 6.41. The number of allylic oxidation sites excluding steroid dienone is 1. The molecule has 0 aliphatic carbocycles. The van der Waals surface area contributed by atoms with E-state index < -0.39 is 0 Å². The van der Waals surface area contributed by atoms with Gasteiger partial charge >= 0.3 is 0 Å². The van der Waals surface area contributed by atoms with E-state index in [1.165, 1.54) is 24.8 Å². The van der Waals surface area contributed by atoms with E-state index in [9.17, 15) is 0 Å². The number of halogens is 1. The Bertz CT molecular complexity index is 588. The van der Waals surface area contributed by atoms with Crippen LogP contribution in [0.5, 0.6) is 0 Å². The topological polar surface area (TPSA) is 24.1 Å². The van der Waals surface area contributed by atoms with Crippen LogP contribution in [0.15, 0.2) is 49.7 Å². The van der Waals surface area contributed by atoms with Crippen molar-refractivity contribution in [1.82, 2.24) is 10.6 Å². The van der Waals surface area contributed by atoms with Crippen molar-refractivity contribution in [1.29, 1.82) is 0 Å². The molecule has 3 heteroatoms. The van der Waals surface area contributed by atoms with Crippen molar-refractivity contribution in [2.75, 3.05) is 13.1 Å². The summed E-state index contributed by atoms with van der Waals surface area (Å²) in [5.74, 6) is 0.989. The predicted octanol–water partition coefficient (Wildman–Crippen LogP) is 6.55. The van der Waals surface area contributed by atoms with Crippen LogP contribution < -0.4 is 10.6 Å². The molecule has 0 amide bonds. The maximum Gasteiger partial charge on any atom is 0.0510 e. The zero-order valence-corrected chi connectivity index (χ0v) is 18.1. The number of benzene rings is 1. The van der Waals surface area contributed by atoms with Crippen molar-refractivity contribution >= 4 is 17.7 Å². The van der Waals surface area contributed by atoms with E-state index in [-0.39, 0.29) is 6.04 Å². The molecule has 2 atom stereocenters. The summed E-state index contributed by atoms with van der Waals surface area (Å²) in [7, 11) is 0. The van der Waals surface area contributed by atoms with Crippen LogP contribution in [-0.4, -0.2) is 19.1 Å². The first-order valence-electron chi connectivity index (χ1n) is 10.3. The van der Waals surface area contributed by atoms with Crippen molar-refractivity contribution < 1.29 is 0 Å². The molecule has 2 unspecified atom stereocenters. The standard InChI is InChI=1S/C21H29ClN2.C3H8/c1-4-7-8-20(24-6-3)21(17-11-13-23-14-12-17)19-10-9-18(22)15-16(19)5-2;1-3-2/h5-10,15,17,20-21,23-24H,2-4,11-14H2,1H3;3H2,1-2H3/b8-7-;. The van der Waals surface area contributed by atoms with Crippen molar-refractivity contribution in [3.63, 3.8) is 0 Å². The number of rotatable bonds is 8. The first-order valence-corrected chi connectivity index (χ1v) is 10.7. The Balaban J connectivity index is 0.00000114. The van der Waals surface area contributed by atoms with E-state index in [0.29, 0.717) is 11.8 Å². The average Bonchev–Trinajstić information content (AvgIpc) is 2.68. The van der Waals surface area contributed by atoms with Gasteiger partial charge in [0.15, 0.2) is 0 Å². The van der Waals surface area contributed by atoms with Gasteiger partial charge in [0.05, 0.1) is 6.04 Å². The minimum Gasteiger partial charge on any atom is -0.385 e. The SMILES string of the molecule is C=CNC(/C=C\CC)C(c1ccc(Cl)cc1C=C)C1CCNCC1.CCC. The maximum absolute atomic E-state index is 6.21. The fourth-order valence-corrected chi connectivity index (χ4v) is 3.85. The molecule has 1 heterocycles. The van der Waals surface area contributed by atoms with Crippen molar-refractivity contribution in [2.45, 2.75) is 58.4 Å². The van der Waals surface area contributed by atoms with Gasteiger partial charge in [0, 0.05) is 10.9 Å². The minimum absolute atomic E-state index is 0.227. The molecule has 1 aliphatic heterocycles. The van der Waals surface area contributed by atoms with Gasteiger partial charge in [-0.05, 0) is 67.7 Å². The van der Waals surface area contributed by atoms with Crippen LogP contribution in [0.2, 0.25) is 5.02 Å². The molecular weight excluding hydrogens is 352 g/mol. The fourth-order valence-electron chi connectivity index (χ4n) is 3.67. The molecule has 1 aliphatic rings. The lowest BCUT2D eigenvalue weighted by molar-refractivity contribution is 0.293. The summed E-state index contributed by atoms with van der Waals surface area (Å²) in [4.78, 5) is 0.